The molecule has 1 N–H and O–H groups in total. The van der Waals surface area contributed by atoms with Crippen molar-refractivity contribution in [1.82, 2.24) is 0 Å². The number of halogens is 1. The molecular weight excluding hydrogens is 329 g/mol. The van der Waals surface area contributed by atoms with Gasteiger partial charge in [-0.05, 0) is 43.2 Å². The van der Waals surface area contributed by atoms with Gasteiger partial charge in [0.25, 0.3) is 0 Å². The highest BCUT2D eigenvalue weighted by Gasteiger charge is 2.34. The fourth-order valence-corrected chi connectivity index (χ4v) is 3.60. The molecule has 1 atom stereocenters. The molecular formula is C22H23FNO2+. The molecule has 3 aromatic rings. The monoisotopic (exact) mass is 352 g/mol. The van der Waals surface area contributed by atoms with E-state index in [-0.39, 0.29) is 11.4 Å². The number of hydrogen-bond donors (Lipinski definition) is 1. The van der Waals surface area contributed by atoms with Crippen LogP contribution in [0.1, 0.15) is 35.1 Å². The van der Waals surface area contributed by atoms with Crippen molar-refractivity contribution in [2.75, 3.05) is 0 Å². The summed E-state index contributed by atoms with van der Waals surface area (Å²) < 4.78 is 19.5. The van der Waals surface area contributed by atoms with Gasteiger partial charge in [-0.2, -0.15) is 0 Å². The van der Waals surface area contributed by atoms with Crippen molar-refractivity contribution in [1.29, 1.82) is 0 Å². The first-order valence-corrected chi connectivity index (χ1v) is 9.13. The third kappa shape index (κ3) is 3.42. The Hall–Kier alpha value is -2.46. The lowest BCUT2D eigenvalue weighted by Gasteiger charge is -2.20. The van der Waals surface area contributed by atoms with Gasteiger partial charge < -0.3 is 9.32 Å². The minimum atomic E-state index is -0.322. The van der Waals surface area contributed by atoms with Gasteiger partial charge in [0, 0.05) is 35.4 Å². The van der Waals surface area contributed by atoms with Crippen LogP contribution in [0.15, 0.2) is 51.7 Å². The van der Waals surface area contributed by atoms with Gasteiger partial charge in [0.05, 0.1) is 6.04 Å². The minimum Gasteiger partial charge on any atom is -0.423 e. The Labute approximate surface area is 152 Å². The summed E-state index contributed by atoms with van der Waals surface area (Å²) in [4.78, 5) is 13.3. The van der Waals surface area contributed by atoms with E-state index in [9.17, 15) is 9.18 Å². The second-order valence-electron chi connectivity index (χ2n) is 7.40. The first-order chi connectivity index (χ1) is 12.5. The molecule has 0 bridgehead atoms. The SMILES string of the molecule is Cc1cc2oc(=O)cc(C[NH+](Cc3ccccc3F)C3CC3)c2cc1C. The van der Waals surface area contributed by atoms with E-state index >= 15 is 0 Å². The van der Waals surface area contributed by atoms with Crippen LogP contribution < -0.4 is 10.5 Å². The van der Waals surface area contributed by atoms with Gasteiger partial charge in [0.2, 0.25) is 0 Å². The normalized spacial score (nSPS) is 15.3. The van der Waals surface area contributed by atoms with Crippen LogP contribution in [0.4, 0.5) is 4.39 Å². The van der Waals surface area contributed by atoms with Crippen LogP contribution in [0.25, 0.3) is 11.0 Å². The zero-order valence-corrected chi connectivity index (χ0v) is 15.1. The molecule has 134 valence electrons. The quantitative estimate of drug-likeness (QED) is 0.715. The van der Waals surface area contributed by atoms with Crippen LogP contribution in [-0.2, 0) is 13.1 Å². The highest BCUT2D eigenvalue weighted by Crippen LogP contribution is 2.22. The molecule has 0 aliphatic heterocycles. The van der Waals surface area contributed by atoms with Crippen LogP contribution in [0, 0.1) is 19.7 Å². The van der Waals surface area contributed by atoms with Crippen molar-refractivity contribution >= 4 is 11.0 Å². The molecule has 4 heteroatoms. The highest BCUT2D eigenvalue weighted by atomic mass is 19.1. The first kappa shape index (κ1) is 17.0. The maximum atomic E-state index is 14.1. The lowest BCUT2D eigenvalue weighted by atomic mass is 10.0. The standard InChI is InChI=1S/C22H22FNO2/c1-14-9-19-17(11-22(25)26-21(19)10-15(14)2)13-24(18-7-8-18)12-16-5-3-4-6-20(16)23/h3-6,9-11,18H,7-8,12-13H2,1-2H3/p+1. The zero-order valence-electron chi connectivity index (χ0n) is 15.1. The third-order valence-electron chi connectivity index (χ3n) is 5.39. The van der Waals surface area contributed by atoms with Crippen molar-refractivity contribution in [2.24, 2.45) is 0 Å². The number of hydrogen-bond acceptors (Lipinski definition) is 2. The Morgan fingerprint density at radius 3 is 2.46 bits per heavy atom. The van der Waals surface area contributed by atoms with Crippen LogP contribution in [-0.4, -0.2) is 6.04 Å². The van der Waals surface area contributed by atoms with Crippen molar-refractivity contribution in [3.8, 4) is 0 Å². The van der Waals surface area contributed by atoms with Gasteiger partial charge in [-0.3, -0.25) is 0 Å². The number of aryl methyl sites for hydroxylation is 2. The molecule has 0 saturated heterocycles. The Morgan fingerprint density at radius 2 is 1.73 bits per heavy atom. The van der Waals surface area contributed by atoms with Crippen molar-refractivity contribution in [2.45, 2.75) is 45.8 Å². The predicted octanol–water partition coefficient (Wildman–Crippen LogP) is 3.30. The van der Waals surface area contributed by atoms with E-state index in [0.717, 1.165) is 34.9 Å². The largest absolute Gasteiger partial charge is 0.423 e. The summed E-state index contributed by atoms with van der Waals surface area (Å²) >= 11 is 0. The molecule has 26 heavy (non-hydrogen) atoms. The average Bonchev–Trinajstić information content (AvgIpc) is 3.43. The molecule has 0 amide bonds. The van der Waals surface area contributed by atoms with Crippen LogP contribution in [0.2, 0.25) is 0 Å². The van der Waals surface area contributed by atoms with E-state index in [2.05, 4.69) is 13.0 Å². The zero-order chi connectivity index (χ0) is 18.3. The number of nitrogens with one attached hydrogen (secondary N) is 1. The van der Waals surface area contributed by atoms with Crippen LogP contribution in [0.5, 0.6) is 0 Å². The molecule has 0 radical (unpaired) electrons. The summed E-state index contributed by atoms with van der Waals surface area (Å²) in [7, 11) is 0. The van der Waals surface area contributed by atoms with E-state index in [1.54, 1.807) is 12.1 Å². The number of quaternary nitrogens is 1. The fourth-order valence-electron chi connectivity index (χ4n) is 3.60. The molecule has 4 rings (SSSR count). The molecule has 1 aromatic heterocycles. The van der Waals surface area contributed by atoms with E-state index in [0.29, 0.717) is 24.7 Å². The minimum absolute atomic E-state index is 0.158. The Morgan fingerprint density at radius 1 is 1.04 bits per heavy atom. The summed E-state index contributed by atoms with van der Waals surface area (Å²) in [5, 5.41) is 0.986. The maximum Gasteiger partial charge on any atom is 0.336 e. The molecule has 1 fully saturated rings. The predicted molar refractivity (Wildman–Crippen MR) is 99.8 cm³/mol. The van der Waals surface area contributed by atoms with Crippen molar-refractivity contribution < 1.29 is 13.7 Å². The summed E-state index contributed by atoms with van der Waals surface area (Å²) in [6.07, 6.45) is 2.31. The lowest BCUT2D eigenvalue weighted by Crippen LogP contribution is -3.10. The smallest absolute Gasteiger partial charge is 0.336 e. The topological polar surface area (TPSA) is 34.6 Å². The third-order valence-corrected chi connectivity index (χ3v) is 5.39. The van der Waals surface area contributed by atoms with Gasteiger partial charge in [-0.1, -0.05) is 18.2 Å². The Balaban J connectivity index is 1.71. The van der Waals surface area contributed by atoms with E-state index in [1.807, 2.05) is 25.1 Å². The van der Waals surface area contributed by atoms with E-state index in [1.165, 1.54) is 16.5 Å². The summed E-state index contributed by atoms with van der Waals surface area (Å²) in [5.41, 5.74) is 4.31. The van der Waals surface area contributed by atoms with Crippen molar-refractivity contribution in [3.05, 3.63) is 81.0 Å². The summed E-state index contributed by atoms with van der Waals surface area (Å²) in [5.74, 6) is -0.158. The van der Waals surface area contributed by atoms with Gasteiger partial charge in [0.15, 0.2) is 0 Å². The van der Waals surface area contributed by atoms with Gasteiger partial charge >= 0.3 is 5.63 Å². The molecule has 1 heterocycles. The number of fused-ring (bicyclic) bond motifs is 1. The second-order valence-corrected chi connectivity index (χ2v) is 7.40. The summed E-state index contributed by atoms with van der Waals surface area (Å²) in [6.45, 7) is 5.41. The molecule has 1 aliphatic carbocycles. The second kappa shape index (κ2) is 6.69. The van der Waals surface area contributed by atoms with E-state index in [4.69, 9.17) is 4.42 Å². The maximum absolute atomic E-state index is 14.1. The lowest BCUT2D eigenvalue weighted by molar-refractivity contribution is -0.938. The van der Waals surface area contributed by atoms with Crippen LogP contribution in [0.3, 0.4) is 0 Å². The first-order valence-electron chi connectivity index (χ1n) is 9.13. The van der Waals surface area contributed by atoms with E-state index < -0.39 is 0 Å². The molecule has 0 spiro atoms. The molecule has 1 aliphatic rings. The number of rotatable bonds is 5. The number of benzene rings is 2. The molecule has 3 nitrogen and oxygen atoms in total. The fraction of sp³-hybridized carbons (Fsp3) is 0.318. The van der Waals surface area contributed by atoms with Crippen LogP contribution >= 0.6 is 0 Å². The molecule has 1 saturated carbocycles. The average molecular weight is 352 g/mol. The Kier molecular flexibility index (Phi) is 4.37. The van der Waals surface area contributed by atoms with Crippen molar-refractivity contribution in [3.63, 3.8) is 0 Å². The van der Waals surface area contributed by atoms with Gasteiger partial charge in [-0.15, -0.1) is 0 Å². The summed E-state index contributed by atoms with van der Waals surface area (Å²) in [6, 6.07) is 13.1. The highest BCUT2D eigenvalue weighted by molar-refractivity contribution is 5.81. The Bertz CT molecular complexity index is 1020. The molecule has 2 aromatic carbocycles. The van der Waals surface area contributed by atoms with Gasteiger partial charge in [-0.25, -0.2) is 9.18 Å². The molecule has 1 unspecified atom stereocenters. The van der Waals surface area contributed by atoms with Gasteiger partial charge in [0.1, 0.15) is 24.5 Å².